The number of aryl methyl sites for hydroxylation is 1. The van der Waals surface area contributed by atoms with E-state index in [9.17, 15) is 5.11 Å². The molecule has 0 spiro atoms. The maximum absolute atomic E-state index is 9.64. The summed E-state index contributed by atoms with van der Waals surface area (Å²) in [5, 5.41) is 18.7. The van der Waals surface area contributed by atoms with Crippen molar-refractivity contribution < 1.29 is 5.11 Å². The van der Waals surface area contributed by atoms with E-state index >= 15 is 0 Å². The molecule has 1 saturated heterocycles. The van der Waals surface area contributed by atoms with Crippen LogP contribution in [0.5, 0.6) is 0 Å². The molecule has 5 nitrogen and oxygen atoms in total. The van der Waals surface area contributed by atoms with Crippen molar-refractivity contribution in [3.63, 3.8) is 0 Å². The van der Waals surface area contributed by atoms with Gasteiger partial charge in [-0.3, -0.25) is 0 Å². The van der Waals surface area contributed by atoms with E-state index in [1.165, 1.54) is 0 Å². The van der Waals surface area contributed by atoms with E-state index in [1.807, 2.05) is 25.1 Å². The third-order valence-corrected chi connectivity index (χ3v) is 3.54. The summed E-state index contributed by atoms with van der Waals surface area (Å²) in [6, 6.07) is 1.74. The molecular weight excluding hydrogens is 252 g/mol. The smallest absolute Gasteiger partial charge is 0.179 e. The zero-order valence-corrected chi connectivity index (χ0v) is 11.5. The van der Waals surface area contributed by atoms with Crippen LogP contribution in [0.1, 0.15) is 17.5 Å². The molecule has 0 bridgehead atoms. The molecular formula is C15H18N4O. The number of nitrogens with two attached hydrogens (primary N) is 1. The van der Waals surface area contributed by atoms with Gasteiger partial charge in [-0.1, -0.05) is 18.7 Å². The maximum Gasteiger partial charge on any atom is 0.179 e. The van der Waals surface area contributed by atoms with Crippen LogP contribution in [0.25, 0.3) is 6.08 Å². The van der Waals surface area contributed by atoms with E-state index in [2.05, 4.69) is 17.8 Å². The molecule has 0 amide bonds. The van der Waals surface area contributed by atoms with E-state index in [4.69, 9.17) is 11.0 Å². The van der Waals surface area contributed by atoms with Crippen molar-refractivity contribution in [2.24, 2.45) is 0 Å². The minimum Gasteiger partial charge on any atom is -0.391 e. The summed E-state index contributed by atoms with van der Waals surface area (Å²) in [5.74, 6) is 0.470. The third-order valence-electron chi connectivity index (χ3n) is 3.54. The highest BCUT2D eigenvalue weighted by molar-refractivity contribution is 5.65. The number of nitrogen functional groups attached to an aromatic ring is 1. The van der Waals surface area contributed by atoms with Crippen LogP contribution >= 0.6 is 0 Å². The number of aliphatic hydroxyl groups excluding tert-OH is 1. The number of β-amino-alcohol motifs (C(OH)–C–C–N with tert-alkyl or cyclic N) is 1. The molecule has 104 valence electrons. The highest BCUT2D eigenvalue weighted by Crippen LogP contribution is 2.24. The van der Waals surface area contributed by atoms with Crippen molar-refractivity contribution in [2.45, 2.75) is 25.5 Å². The summed E-state index contributed by atoms with van der Waals surface area (Å²) in [7, 11) is 0. The molecule has 1 aliphatic heterocycles. The Morgan fingerprint density at radius 1 is 1.70 bits per heavy atom. The molecule has 5 heteroatoms. The number of likely N-dealkylation sites (tertiary alicyclic amines) is 1. The van der Waals surface area contributed by atoms with Crippen LogP contribution in [0.15, 0.2) is 30.5 Å². The molecule has 1 fully saturated rings. The number of aliphatic hydroxyl groups is 1. The van der Waals surface area contributed by atoms with Crippen LogP contribution in [0.2, 0.25) is 0 Å². The summed E-state index contributed by atoms with van der Waals surface area (Å²) in [4.78, 5) is 5.61. The molecule has 1 aliphatic rings. The molecule has 1 aromatic rings. The predicted octanol–water partition coefficient (Wildman–Crippen LogP) is 1.46. The average molecular weight is 270 g/mol. The Morgan fingerprint density at radius 2 is 2.45 bits per heavy atom. The maximum atomic E-state index is 9.64. The number of anilines is 1. The highest BCUT2D eigenvalue weighted by Gasteiger charge is 2.31. The lowest BCUT2D eigenvalue weighted by atomic mass is 10.0. The van der Waals surface area contributed by atoms with Crippen molar-refractivity contribution in [2.75, 3.05) is 12.3 Å². The fourth-order valence-corrected chi connectivity index (χ4v) is 2.38. The first-order valence-corrected chi connectivity index (χ1v) is 6.45. The highest BCUT2D eigenvalue weighted by atomic mass is 16.3. The minimum absolute atomic E-state index is 0.149. The number of aromatic nitrogens is 1. The fraction of sp³-hybridized carbons (Fsp3) is 0.333. The summed E-state index contributed by atoms with van der Waals surface area (Å²) in [5.41, 5.74) is 8.51. The SMILES string of the molecule is C=C(/C=C\c1c(C)ccnc1N)[C@H]1C[C@@H](O)CN1C#N. The van der Waals surface area contributed by atoms with Crippen molar-refractivity contribution >= 4 is 11.9 Å². The van der Waals surface area contributed by atoms with Crippen molar-refractivity contribution in [3.8, 4) is 6.19 Å². The second-order valence-electron chi connectivity index (χ2n) is 4.99. The second kappa shape index (κ2) is 5.76. The molecule has 0 aromatic carbocycles. The summed E-state index contributed by atoms with van der Waals surface area (Å²) in [6.07, 6.45) is 7.51. The molecule has 0 saturated carbocycles. The van der Waals surface area contributed by atoms with E-state index < -0.39 is 6.10 Å². The lowest BCUT2D eigenvalue weighted by Crippen LogP contribution is -2.25. The van der Waals surface area contributed by atoms with Gasteiger partial charge in [0.1, 0.15) is 5.82 Å². The topological polar surface area (TPSA) is 86.2 Å². The van der Waals surface area contributed by atoms with Crippen LogP contribution in [0.3, 0.4) is 0 Å². The van der Waals surface area contributed by atoms with Crippen LogP contribution in [-0.4, -0.2) is 33.7 Å². The van der Waals surface area contributed by atoms with E-state index in [1.54, 1.807) is 11.1 Å². The quantitative estimate of drug-likeness (QED) is 0.641. The van der Waals surface area contributed by atoms with E-state index in [0.29, 0.717) is 18.8 Å². The predicted molar refractivity (Wildman–Crippen MR) is 78.3 cm³/mol. The summed E-state index contributed by atoms with van der Waals surface area (Å²) in [6.45, 7) is 6.31. The van der Waals surface area contributed by atoms with Gasteiger partial charge in [-0.05, 0) is 24.1 Å². The third kappa shape index (κ3) is 2.81. The minimum atomic E-state index is -0.477. The lowest BCUT2D eigenvalue weighted by molar-refractivity contribution is 0.187. The van der Waals surface area contributed by atoms with E-state index in [0.717, 1.165) is 16.7 Å². The zero-order chi connectivity index (χ0) is 14.7. The van der Waals surface area contributed by atoms with Gasteiger partial charge in [0.15, 0.2) is 6.19 Å². The first-order valence-electron chi connectivity index (χ1n) is 6.45. The van der Waals surface area contributed by atoms with Crippen molar-refractivity contribution in [3.05, 3.63) is 41.6 Å². The van der Waals surface area contributed by atoms with Gasteiger partial charge in [-0.25, -0.2) is 4.98 Å². The van der Waals surface area contributed by atoms with Crippen LogP contribution in [0, 0.1) is 18.4 Å². The lowest BCUT2D eigenvalue weighted by Gasteiger charge is -2.18. The Hall–Kier alpha value is -2.32. The molecule has 2 rings (SSSR count). The summed E-state index contributed by atoms with van der Waals surface area (Å²) < 4.78 is 0. The normalized spacial score (nSPS) is 22.1. The molecule has 0 aliphatic carbocycles. The number of nitrogens with zero attached hydrogens (tertiary/aromatic N) is 3. The van der Waals surface area contributed by atoms with Gasteiger partial charge in [-0.15, -0.1) is 0 Å². The largest absolute Gasteiger partial charge is 0.391 e. The Labute approximate surface area is 118 Å². The monoisotopic (exact) mass is 270 g/mol. The second-order valence-corrected chi connectivity index (χ2v) is 4.99. The molecule has 20 heavy (non-hydrogen) atoms. The number of pyridine rings is 1. The van der Waals surface area contributed by atoms with Crippen molar-refractivity contribution in [1.82, 2.24) is 9.88 Å². The van der Waals surface area contributed by atoms with Gasteiger partial charge in [-0.2, -0.15) is 5.26 Å². The molecule has 0 unspecified atom stereocenters. The summed E-state index contributed by atoms with van der Waals surface area (Å²) >= 11 is 0. The Balaban J connectivity index is 2.16. The van der Waals surface area contributed by atoms with E-state index in [-0.39, 0.29) is 6.04 Å². The van der Waals surface area contributed by atoms with Crippen LogP contribution in [-0.2, 0) is 0 Å². The molecule has 1 aromatic heterocycles. The Bertz CT molecular complexity index is 568. The number of hydrogen-bond donors (Lipinski definition) is 2. The Kier molecular flexibility index (Phi) is 4.06. The average Bonchev–Trinajstić information content (AvgIpc) is 2.79. The molecule has 0 radical (unpaired) electrons. The molecule has 2 heterocycles. The standard InChI is InChI=1S/C15H18N4O/c1-10-5-6-18-15(17)13(10)4-3-11(2)14-7-12(20)8-19(14)9-16/h3-6,12,14,20H,2,7-8H2,1H3,(H2,17,18)/b4-3-/t12-,14-/m1/s1. The van der Waals surface area contributed by atoms with Gasteiger partial charge in [0.2, 0.25) is 0 Å². The number of nitriles is 1. The fourth-order valence-electron chi connectivity index (χ4n) is 2.38. The van der Waals surface area contributed by atoms with Gasteiger partial charge in [0, 0.05) is 18.2 Å². The van der Waals surface area contributed by atoms with Crippen LogP contribution < -0.4 is 5.73 Å². The number of hydrogen-bond acceptors (Lipinski definition) is 5. The van der Waals surface area contributed by atoms with Crippen molar-refractivity contribution in [1.29, 1.82) is 5.26 Å². The first kappa shape index (κ1) is 14.1. The zero-order valence-electron chi connectivity index (χ0n) is 11.5. The molecule has 2 atom stereocenters. The first-order chi connectivity index (χ1) is 9.52. The van der Waals surface area contributed by atoms with Crippen LogP contribution in [0.4, 0.5) is 5.82 Å². The molecule has 3 N–H and O–H groups in total. The van der Waals surface area contributed by atoms with Gasteiger partial charge < -0.3 is 15.7 Å². The van der Waals surface area contributed by atoms with Gasteiger partial charge in [0.25, 0.3) is 0 Å². The number of rotatable bonds is 3. The Morgan fingerprint density at radius 3 is 3.10 bits per heavy atom. The van der Waals surface area contributed by atoms with Gasteiger partial charge in [0.05, 0.1) is 18.7 Å². The van der Waals surface area contributed by atoms with Gasteiger partial charge >= 0.3 is 0 Å².